The fourth-order valence-corrected chi connectivity index (χ4v) is 14.3. The molecule has 11 heteroatoms. The van der Waals surface area contributed by atoms with Crippen molar-refractivity contribution in [2.24, 2.45) is 52.3 Å². The summed E-state index contributed by atoms with van der Waals surface area (Å²) in [4.78, 5) is 15.6. The first kappa shape index (κ1) is 36.8. The smallest absolute Gasteiger partial charge is 0.297 e. The number of rotatable bonds is 6. The van der Waals surface area contributed by atoms with E-state index in [0.717, 1.165) is 43.2 Å². The summed E-state index contributed by atoms with van der Waals surface area (Å²) in [7, 11) is -8.25. The maximum absolute atomic E-state index is 15.4. The number of Topliss-reactive ketones (excluding diaryl/α,β-unsaturated/α-hetero) is 1. The van der Waals surface area contributed by atoms with Crippen LogP contribution < -0.4 is 0 Å². The van der Waals surface area contributed by atoms with E-state index in [1.165, 1.54) is 0 Å². The lowest BCUT2D eigenvalue weighted by molar-refractivity contribution is -0.273. The van der Waals surface area contributed by atoms with E-state index in [9.17, 15) is 16.8 Å². The lowest BCUT2D eigenvalue weighted by atomic mass is 9.43. The highest BCUT2D eigenvalue weighted by Gasteiger charge is 2.74. The van der Waals surface area contributed by atoms with Gasteiger partial charge >= 0.3 is 0 Å². The molecule has 0 bridgehead atoms. The number of aryl methyl sites for hydroxylation is 2. The Kier molecular flexibility index (Phi) is 8.99. The molecule has 4 saturated carbocycles. The summed E-state index contributed by atoms with van der Waals surface area (Å²) in [5, 5.41) is 0. The number of hydrogen-bond acceptors (Lipinski definition) is 9. The first-order chi connectivity index (χ1) is 24.5. The minimum atomic E-state index is -4.30. The molecular formula is C41H54O9S2. The average Bonchev–Trinajstić information content (AvgIpc) is 3.54. The Labute approximate surface area is 309 Å². The van der Waals surface area contributed by atoms with Gasteiger partial charge in [0.1, 0.15) is 6.10 Å². The normalized spacial score (nSPS) is 43.1. The predicted molar refractivity (Wildman–Crippen MR) is 194 cm³/mol. The summed E-state index contributed by atoms with van der Waals surface area (Å²) in [6.45, 7) is 13.1. The number of benzene rings is 2. The lowest BCUT2D eigenvalue weighted by Crippen LogP contribution is -2.65. The summed E-state index contributed by atoms with van der Waals surface area (Å²) in [5.74, 6) is -0.923. The van der Waals surface area contributed by atoms with Crippen LogP contribution in [-0.2, 0) is 42.9 Å². The van der Waals surface area contributed by atoms with Crippen molar-refractivity contribution in [3.05, 3.63) is 59.7 Å². The van der Waals surface area contributed by atoms with Gasteiger partial charge in [-0.2, -0.15) is 16.8 Å². The van der Waals surface area contributed by atoms with Gasteiger partial charge < -0.3 is 9.47 Å². The van der Waals surface area contributed by atoms with Gasteiger partial charge in [0.25, 0.3) is 20.2 Å². The molecule has 9 nitrogen and oxygen atoms in total. The Morgan fingerprint density at radius 1 is 0.769 bits per heavy atom. The number of fused-ring (bicyclic) bond motifs is 7. The van der Waals surface area contributed by atoms with E-state index in [4.69, 9.17) is 17.8 Å². The Hall–Kier alpha value is -2.15. The maximum atomic E-state index is 15.4. The zero-order valence-corrected chi connectivity index (χ0v) is 32.9. The Morgan fingerprint density at radius 3 is 1.98 bits per heavy atom. The highest BCUT2D eigenvalue weighted by Crippen LogP contribution is 2.71. The van der Waals surface area contributed by atoms with Crippen LogP contribution in [0.25, 0.3) is 0 Å². The highest BCUT2D eigenvalue weighted by atomic mass is 32.2. The number of carbonyl (C=O) groups excluding carboxylic acids is 1. The van der Waals surface area contributed by atoms with E-state index in [1.54, 1.807) is 48.5 Å². The third kappa shape index (κ3) is 5.69. The summed E-state index contributed by atoms with van der Waals surface area (Å²) < 4.78 is 80.5. The van der Waals surface area contributed by atoms with Crippen LogP contribution in [0.15, 0.2) is 58.3 Å². The monoisotopic (exact) mass is 754 g/mol. The van der Waals surface area contributed by atoms with Gasteiger partial charge in [0, 0.05) is 29.6 Å². The second-order valence-electron chi connectivity index (χ2n) is 17.8. The summed E-state index contributed by atoms with van der Waals surface area (Å²) >= 11 is 0. The number of ketones is 1. The lowest BCUT2D eigenvalue weighted by Gasteiger charge is -2.61. The van der Waals surface area contributed by atoms with E-state index in [1.807, 2.05) is 13.8 Å². The van der Waals surface area contributed by atoms with Crippen LogP contribution in [0.5, 0.6) is 0 Å². The third-order valence-corrected chi connectivity index (χ3v) is 17.5. The molecule has 52 heavy (non-hydrogen) atoms. The molecule has 2 aliphatic heterocycles. The first-order valence-corrected chi connectivity index (χ1v) is 22.2. The van der Waals surface area contributed by atoms with Crippen molar-refractivity contribution in [3.63, 3.8) is 0 Å². The Bertz CT molecular complexity index is 1920. The second kappa shape index (κ2) is 12.7. The SMILES string of the molecule is Cc1ccc(S(=O)(=O)O[C@@H]2CC[C@@]3(C)[C@@H](CC[C@H]4[C@H]3C(=O)[C@@H](OS(=O)(=O)c3ccc(C)cc3)[C@@]3(C)[C@H]5[C@H](C[C@@H]43)O[C@]3(CC[C@H](C)CO3)[C@@H]5C)C2)cc1. The molecule has 1 spiro atoms. The van der Waals surface area contributed by atoms with Crippen molar-refractivity contribution in [2.75, 3.05) is 6.61 Å². The minimum Gasteiger partial charge on any atom is -0.349 e. The van der Waals surface area contributed by atoms with E-state index >= 15 is 4.79 Å². The summed E-state index contributed by atoms with van der Waals surface area (Å²) in [5.41, 5.74) is 0.645. The fourth-order valence-electron chi connectivity index (χ4n) is 12.1. The van der Waals surface area contributed by atoms with E-state index in [0.29, 0.717) is 31.8 Å². The quantitative estimate of drug-likeness (QED) is 0.278. The fraction of sp³-hybridized carbons (Fsp3) is 0.683. The molecule has 2 heterocycles. The molecule has 2 aromatic carbocycles. The number of hydrogen-bond donors (Lipinski definition) is 0. The van der Waals surface area contributed by atoms with Crippen LogP contribution in [0.1, 0.15) is 90.2 Å². The van der Waals surface area contributed by atoms with Crippen molar-refractivity contribution in [1.29, 1.82) is 0 Å². The molecule has 2 aromatic rings. The van der Waals surface area contributed by atoms with E-state index in [-0.39, 0.29) is 51.3 Å². The maximum Gasteiger partial charge on any atom is 0.297 e. The van der Waals surface area contributed by atoms with E-state index < -0.39 is 55.0 Å². The van der Waals surface area contributed by atoms with Gasteiger partial charge in [0.2, 0.25) is 0 Å². The van der Waals surface area contributed by atoms with Crippen molar-refractivity contribution in [2.45, 2.75) is 127 Å². The van der Waals surface area contributed by atoms with Crippen LogP contribution in [0.2, 0.25) is 0 Å². The first-order valence-electron chi connectivity index (χ1n) is 19.3. The molecule has 4 aliphatic carbocycles. The topological polar surface area (TPSA) is 122 Å². The van der Waals surface area contributed by atoms with Crippen LogP contribution in [0, 0.1) is 66.1 Å². The van der Waals surface area contributed by atoms with Gasteiger partial charge in [-0.1, -0.05) is 63.1 Å². The molecular weight excluding hydrogens is 701 g/mol. The highest BCUT2D eigenvalue weighted by molar-refractivity contribution is 7.87. The van der Waals surface area contributed by atoms with Crippen LogP contribution >= 0.6 is 0 Å². The summed E-state index contributed by atoms with van der Waals surface area (Å²) in [6, 6.07) is 13.3. The molecule has 0 N–H and O–H groups in total. The minimum absolute atomic E-state index is 0.0133. The Balaban J connectivity index is 1.12. The number of ether oxygens (including phenoxy) is 2. The zero-order valence-electron chi connectivity index (χ0n) is 31.2. The Morgan fingerprint density at radius 2 is 1.38 bits per heavy atom. The standard InChI is InChI=1S/C41H54O9S2/c1-24-7-12-30(13-8-24)51(43,44)49-29-18-19-39(5)28(21-29)11-16-32-33-22-34-35(27(4)41(48-34)20-17-26(3)23-47-41)40(33,6)38(37(42)36(32)39)50-52(45,46)31-14-9-25(2)10-15-31/h7-10,12-15,26-29,32-36,38H,11,16-23H2,1-6H3/t26-,27+,28-,29+,32+,33-,34-,35+,36-,38+,39-,40+,41+/m0/s1. The molecule has 6 aliphatic rings. The molecule has 0 radical (unpaired) electrons. The van der Waals surface area contributed by atoms with Crippen LogP contribution in [-0.4, -0.2) is 53.3 Å². The molecule has 6 fully saturated rings. The van der Waals surface area contributed by atoms with Crippen LogP contribution in [0.3, 0.4) is 0 Å². The van der Waals surface area contributed by atoms with Crippen molar-refractivity contribution in [1.82, 2.24) is 0 Å². The molecule has 8 rings (SSSR count). The molecule has 0 unspecified atom stereocenters. The zero-order chi connectivity index (χ0) is 37.0. The van der Waals surface area contributed by atoms with Crippen molar-refractivity contribution < 1.29 is 39.5 Å². The van der Waals surface area contributed by atoms with Crippen molar-refractivity contribution >= 4 is 26.0 Å². The molecule has 13 atom stereocenters. The second-order valence-corrected chi connectivity index (χ2v) is 20.9. The molecule has 284 valence electrons. The van der Waals surface area contributed by atoms with Crippen molar-refractivity contribution in [3.8, 4) is 0 Å². The van der Waals surface area contributed by atoms with Gasteiger partial charge in [-0.15, -0.1) is 0 Å². The molecule has 0 amide bonds. The third-order valence-electron chi connectivity index (χ3n) is 14.8. The average molecular weight is 755 g/mol. The van der Waals surface area contributed by atoms with Gasteiger partial charge in [0.15, 0.2) is 11.6 Å². The molecule has 2 saturated heterocycles. The summed E-state index contributed by atoms with van der Waals surface area (Å²) in [6.07, 6.45) is 3.93. The largest absolute Gasteiger partial charge is 0.349 e. The predicted octanol–water partition coefficient (Wildman–Crippen LogP) is 7.39. The van der Waals surface area contributed by atoms with Gasteiger partial charge in [-0.3, -0.25) is 13.2 Å². The van der Waals surface area contributed by atoms with Gasteiger partial charge in [-0.05, 0) is 112 Å². The van der Waals surface area contributed by atoms with E-state index in [2.05, 4.69) is 27.7 Å². The number of carbonyl (C=O) groups is 1. The van der Waals surface area contributed by atoms with Gasteiger partial charge in [-0.25, -0.2) is 0 Å². The van der Waals surface area contributed by atoms with Crippen LogP contribution in [0.4, 0.5) is 0 Å². The molecule has 0 aromatic heterocycles. The van der Waals surface area contributed by atoms with Gasteiger partial charge in [0.05, 0.1) is 28.6 Å².